The summed E-state index contributed by atoms with van der Waals surface area (Å²) in [6.45, 7) is 0. The molecule has 270 valence electrons. The Balaban J connectivity index is 1.13. The molecule has 3 aromatic heterocycles. The monoisotopic (exact) mass is 740 g/mol. The van der Waals surface area contributed by atoms with Crippen LogP contribution >= 0.6 is 0 Å². The highest BCUT2D eigenvalue weighted by molar-refractivity contribution is 6.16. The second-order valence-corrected chi connectivity index (χ2v) is 14.9. The van der Waals surface area contributed by atoms with Gasteiger partial charge in [-0.05, 0) is 81.2 Å². The molecule has 3 heterocycles. The van der Waals surface area contributed by atoms with Crippen LogP contribution in [0.2, 0.25) is 0 Å². The normalized spacial score (nSPS) is 11.8. The van der Waals surface area contributed by atoms with E-state index in [1.807, 2.05) is 60.7 Å². The van der Waals surface area contributed by atoms with Crippen molar-refractivity contribution < 1.29 is 4.42 Å². The van der Waals surface area contributed by atoms with E-state index in [2.05, 4.69) is 138 Å². The van der Waals surface area contributed by atoms with Crippen molar-refractivity contribution in [2.45, 2.75) is 0 Å². The molecule has 0 saturated heterocycles. The lowest BCUT2D eigenvalue weighted by atomic mass is 9.98. The highest BCUT2D eigenvalue weighted by Crippen LogP contribution is 2.42. The van der Waals surface area contributed by atoms with E-state index in [1.54, 1.807) is 0 Å². The summed E-state index contributed by atoms with van der Waals surface area (Å²) in [6, 6.07) is 68.2. The zero-order valence-corrected chi connectivity index (χ0v) is 31.2. The molecule has 12 aromatic rings. The molecular weight excluding hydrogens is 709 g/mol. The molecule has 0 amide bonds. The molecule has 0 saturated carbocycles. The summed E-state index contributed by atoms with van der Waals surface area (Å²) in [7, 11) is 0. The third-order valence-electron chi connectivity index (χ3n) is 11.4. The van der Waals surface area contributed by atoms with Crippen LogP contribution in [0.5, 0.6) is 0 Å². The van der Waals surface area contributed by atoms with Gasteiger partial charge in [0.1, 0.15) is 5.58 Å². The van der Waals surface area contributed by atoms with Crippen molar-refractivity contribution in [1.29, 1.82) is 0 Å². The molecule has 9 aromatic carbocycles. The Labute approximate surface area is 333 Å². The van der Waals surface area contributed by atoms with Crippen molar-refractivity contribution in [3.63, 3.8) is 0 Å². The van der Waals surface area contributed by atoms with E-state index in [9.17, 15) is 0 Å². The molecule has 0 N–H and O–H groups in total. The van der Waals surface area contributed by atoms with Gasteiger partial charge in [-0.2, -0.15) is 0 Å². The van der Waals surface area contributed by atoms with Gasteiger partial charge in [0.15, 0.2) is 23.1 Å². The Morgan fingerprint density at radius 3 is 1.64 bits per heavy atom. The average Bonchev–Trinajstić information content (AvgIpc) is 3.83. The van der Waals surface area contributed by atoms with Crippen LogP contribution < -0.4 is 0 Å². The minimum atomic E-state index is 0.585. The van der Waals surface area contributed by atoms with Crippen molar-refractivity contribution >= 4 is 65.3 Å². The molecule has 0 aliphatic rings. The van der Waals surface area contributed by atoms with Crippen LogP contribution in [0, 0.1) is 0 Å². The van der Waals surface area contributed by atoms with Gasteiger partial charge in [0.05, 0.1) is 16.7 Å². The van der Waals surface area contributed by atoms with Gasteiger partial charge in [0.2, 0.25) is 0 Å². The number of benzene rings is 9. The van der Waals surface area contributed by atoms with Crippen molar-refractivity contribution in [3.05, 3.63) is 194 Å². The zero-order valence-electron chi connectivity index (χ0n) is 31.2. The molecular formula is C53H32N4O. The van der Waals surface area contributed by atoms with Crippen molar-refractivity contribution in [3.8, 4) is 51.0 Å². The first-order chi connectivity index (χ1) is 28.7. The molecule has 0 atom stereocenters. The molecule has 0 fully saturated rings. The minimum absolute atomic E-state index is 0.585. The van der Waals surface area contributed by atoms with Crippen molar-refractivity contribution in [2.24, 2.45) is 0 Å². The Morgan fingerprint density at radius 1 is 0.328 bits per heavy atom. The fourth-order valence-electron chi connectivity index (χ4n) is 8.55. The molecule has 0 aliphatic heterocycles. The van der Waals surface area contributed by atoms with E-state index in [0.29, 0.717) is 17.5 Å². The Hall–Kier alpha value is -7.89. The number of fused-ring (bicyclic) bond motifs is 8. The van der Waals surface area contributed by atoms with Crippen molar-refractivity contribution in [2.75, 3.05) is 0 Å². The van der Waals surface area contributed by atoms with E-state index < -0.39 is 0 Å². The first kappa shape index (κ1) is 32.4. The zero-order chi connectivity index (χ0) is 38.2. The first-order valence-electron chi connectivity index (χ1n) is 19.5. The third kappa shape index (κ3) is 5.21. The lowest BCUT2D eigenvalue weighted by Gasteiger charge is -2.12. The molecule has 5 heteroatoms. The number of furan rings is 1. The van der Waals surface area contributed by atoms with Gasteiger partial charge in [-0.1, -0.05) is 146 Å². The lowest BCUT2D eigenvalue weighted by Crippen LogP contribution is -2.00. The molecule has 0 aliphatic carbocycles. The summed E-state index contributed by atoms with van der Waals surface area (Å²) < 4.78 is 9.44. The maximum absolute atomic E-state index is 7.05. The third-order valence-corrected chi connectivity index (χ3v) is 11.4. The van der Waals surface area contributed by atoms with Crippen LogP contribution in [0.3, 0.4) is 0 Å². The van der Waals surface area contributed by atoms with Gasteiger partial charge in [-0.15, -0.1) is 0 Å². The summed E-state index contributed by atoms with van der Waals surface area (Å²) in [5.74, 6) is 1.83. The van der Waals surface area contributed by atoms with Crippen LogP contribution in [0.1, 0.15) is 0 Å². The number of hydrogen-bond donors (Lipinski definition) is 0. The maximum Gasteiger partial charge on any atom is 0.164 e. The first-order valence-corrected chi connectivity index (χ1v) is 19.5. The van der Waals surface area contributed by atoms with Crippen LogP contribution in [-0.4, -0.2) is 19.5 Å². The smallest absolute Gasteiger partial charge is 0.164 e. The number of aromatic nitrogens is 4. The van der Waals surface area contributed by atoms with E-state index in [1.165, 1.54) is 32.3 Å². The number of hydrogen-bond acceptors (Lipinski definition) is 4. The largest absolute Gasteiger partial charge is 0.454 e. The van der Waals surface area contributed by atoms with E-state index in [0.717, 1.165) is 66.5 Å². The lowest BCUT2D eigenvalue weighted by molar-refractivity contribution is 0.666. The van der Waals surface area contributed by atoms with Crippen molar-refractivity contribution in [1.82, 2.24) is 19.5 Å². The quantitative estimate of drug-likeness (QED) is 0.176. The molecule has 0 radical (unpaired) electrons. The topological polar surface area (TPSA) is 56.7 Å². The van der Waals surface area contributed by atoms with E-state index in [-0.39, 0.29) is 0 Å². The fraction of sp³-hybridized carbons (Fsp3) is 0. The standard InChI is InChI=1S/C53H32N4O/c1-3-14-34(15-4-1)51-54-52(35-16-5-2-6-17-35)56-53(55-51)40-25-26-43-45-29-41(39-24-23-33-13-7-8-18-36(33)27-39)31-48(50(45)58-49(43)32-40)57-46-22-12-11-21-42(46)44-28-37-19-9-10-20-38(37)30-47(44)57/h1-32H. The van der Waals surface area contributed by atoms with Gasteiger partial charge in [-0.25, -0.2) is 15.0 Å². The summed E-state index contributed by atoms with van der Waals surface area (Å²) in [4.78, 5) is 15.0. The van der Waals surface area contributed by atoms with E-state index >= 15 is 0 Å². The molecule has 12 rings (SSSR count). The second kappa shape index (κ2) is 12.8. The Bertz CT molecular complexity index is 3510. The van der Waals surface area contributed by atoms with Crippen LogP contribution in [0.4, 0.5) is 0 Å². The summed E-state index contributed by atoms with van der Waals surface area (Å²) in [6.07, 6.45) is 0. The van der Waals surface area contributed by atoms with Crippen LogP contribution in [0.15, 0.2) is 199 Å². The summed E-state index contributed by atoms with van der Waals surface area (Å²) in [5, 5.41) is 9.29. The minimum Gasteiger partial charge on any atom is -0.454 e. The number of rotatable bonds is 5. The predicted octanol–water partition coefficient (Wildman–Crippen LogP) is 13.8. The van der Waals surface area contributed by atoms with Gasteiger partial charge in [0, 0.05) is 38.2 Å². The molecule has 0 unspecified atom stereocenters. The van der Waals surface area contributed by atoms with Gasteiger partial charge < -0.3 is 8.98 Å². The van der Waals surface area contributed by atoms with Crippen LogP contribution in [-0.2, 0) is 0 Å². The van der Waals surface area contributed by atoms with Gasteiger partial charge in [0.25, 0.3) is 0 Å². The Kier molecular flexibility index (Phi) is 7.16. The second-order valence-electron chi connectivity index (χ2n) is 14.9. The highest BCUT2D eigenvalue weighted by atomic mass is 16.3. The van der Waals surface area contributed by atoms with Gasteiger partial charge >= 0.3 is 0 Å². The Morgan fingerprint density at radius 2 is 0.914 bits per heavy atom. The van der Waals surface area contributed by atoms with Gasteiger partial charge in [-0.3, -0.25) is 0 Å². The maximum atomic E-state index is 7.05. The van der Waals surface area contributed by atoms with E-state index in [4.69, 9.17) is 19.4 Å². The van der Waals surface area contributed by atoms with Crippen LogP contribution in [0.25, 0.3) is 116 Å². The SMILES string of the molecule is c1ccc(-c2nc(-c3ccccc3)nc(-c3ccc4c(c3)oc3c(-n5c6ccccc6c6cc7ccccc7cc65)cc(-c5ccc6ccccc6c5)cc34)n2)cc1. The molecule has 0 spiro atoms. The fourth-order valence-corrected chi connectivity index (χ4v) is 8.55. The number of para-hydroxylation sites is 1. The highest BCUT2D eigenvalue weighted by Gasteiger charge is 2.21. The molecule has 58 heavy (non-hydrogen) atoms. The molecule has 0 bridgehead atoms. The number of nitrogens with zero attached hydrogens (tertiary/aromatic N) is 4. The predicted molar refractivity (Wildman–Crippen MR) is 238 cm³/mol. The molecule has 5 nitrogen and oxygen atoms in total. The summed E-state index contributed by atoms with van der Waals surface area (Å²) >= 11 is 0. The summed E-state index contributed by atoms with van der Waals surface area (Å²) in [5.41, 5.74) is 9.78. The average molecular weight is 741 g/mol.